The molecule has 0 aliphatic rings. The van der Waals surface area contributed by atoms with Gasteiger partial charge in [-0.05, 0) is 31.5 Å². The van der Waals surface area contributed by atoms with Gasteiger partial charge in [-0.3, -0.25) is 0 Å². The average Bonchev–Trinajstić information content (AvgIpc) is 2.87. The molecule has 1 heterocycles. The molecule has 20 heavy (non-hydrogen) atoms. The van der Waals surface area contributed by atoms with Crippen LogP contribution in [0.25, 0.3) is 0 Å². The van der Waals surface area contributed by atoms with Crippen molar-refractivity contribution in [3.05, 3.63) is 45.7 Å². The number of benzene rings is 1. The summed E-state index contributed by atoms with van der Waals surface area (Å²) in [7, 11) is 0. The van der Waals surface area contributed by atoms with Gasteiger partial charge in [0.05, 0.1) is 11.6 Å². The highest BCUT2D eigenvalue weighted by molar-refractivity contribution is 6.35. The summed E-state index contributed by atoms with van der Waals surface area (Å²) in [6.45, 7) is 5.24. The summed E-state index contributed by atoms with van der Waals surface area (Å²) >= 11 is 11.8. The highest BCUT2D eigenvalue weighted by Gasteiger charge is 2.14. The predicted molar refractivity (Wildman–Crippen MR) is 77.4 cm³/mol. The van der Waals surface area contributed by atoms with E-state index in [0.717, 1.165) is 12.4 Å². The second kappa shape index (κ2) is 6.52. The Labute approximate surface area is 126 Å². The van der Waals surface area contributed by atoms with Crippen molar-refractivity contribution >= 4 is 23.2 Å². The number of hydrogen-bond acceptors (Lipinski definition) is 3. The van der Waals surface area contributed by atoms with Crippen LogP contribution in [0.15, 0.2) is 18.5 Å². The quantitative estimate of drug-likeness (QED) is 0.857. The van der Waals surface area contributed by atoms with Gasteiger partial charge in [-0.25, -0.2) is 4.39 Å². The van der Waals surface area contributed by atoms with E-state index in [0.29, 0.717) is 17.1 Å². The van der Waals surface area contributed by atoms with E-state index in [1.807, 2.05) is 18.4 Å². The number of nitrogens with one attached hydrogen (secondary N) is 1. The minimum absolute atomic E-state index is 0.0247. The van der Waals surface area contributed by atoms with Gasteiger partial charge in [-0.2, -0.15) is 0 Å². The smallest absolute Gasteiger partial charge is 0.146 e. The van der Waals surface area contributed by atoms with Crippen LogP contribution < -0.4 is 5.32 Å². The lowest BCUT2D eigenvalue weighted by Crippen LogP contribution is -2.21. The Morgan fingerprint density at radius 3 is 2.80 bits per heavy atom. The molecule has 2 aromatic rings. The summed E-state index contributed by atoms with van der Waals surface area (Å²) in [6.07, 6.45) is 1.68. The average molecular weight is 317 g/mol. The molecule has 0 saturated heterocycles. The van der Waals surface area contributed by atoms with E-state index in [9.17, 15) is 4.39 Å². The van der Waals surface area contributed by atoms with E-state index < -0.39 is 5.82 Å². The molecule has 4 nitrogen and oxygen atoms in total. The third-order valence-corrected chi connectivity index (χ3v) is 3.73. The monoisotopic (exact) mass is 316 g/mol. The fourth-order valence-corrected chi connectivity index (χ4v) is 2.45. The van der Waals surface area contributed by atoms with Crippen molar-refractivity contribution in [2.75, 3.05) is 0 Å². The second-order valence-corrected chi connectivity index (χ2v) is 5.24. The maximum atomic E-state index is 13.5. The topological polar surface area (TPSA) is 42.7 Å². The molecule has 108 valence electrons. The minimum Gasteiger partial charge on any atom is -0.317 e. The van der Waals surface area contributed by atoms with Crippen molar-refractivity contribution in [3.63, 3.8) is 0 Å². The molecule has 0 bridgehead atoms. The number of rotatable bonds is 5. The molecule has 1 aromatic heterocycles. The fourth-order valence-electron chi connectivity index (χ4n) is 1.90. The number of hydrogen-bond donors (Lipinski definition) is 1. The normalized spacial score (nSPS) is 12.7. The van der Waals surface area contributed by atoms with Crippen LogP contribution in [-0.4, -0.2) is 14.8 Å². The Balaban J connectivity index is 2.09. The van der Waals surface area contributed by atoms with Crippen molar-refractivity contribution in [1.82, 2.24) is 20.1 Å². The van der Waals surface area contributed by atoms with Crippen LogP contribution in [0.1, 0.15) is 31.3 Å². The predicted octanol–water partition coefficient (Wildman–Crippen LogP) is 3.59. The highest BCUT2D eigenvalue weighted by atomic mass is 35.5. The van der Waals surface area contributed by atoms with Crippen LogP contribution in [0.3, 0.4) is 0 Å². The molecule has 0 fully saturated rings. The van der Waals surface area contributed by atoms with Crippen LogP contribution in [-0.2, 0) is 13.1 Å². The highest BCUT2D eigenvalue weighted by Crippen LogP contribution is 2.28. The Morgan fingerprint density at radius 2 is 2.10 bits per heavy atom. The van der Waals surface area contributed by atoms with E-state index >= 15 is 0 Å². The maximum Gasteiger partial charge on any atom is 0.146 e. The molecule has 1 aromatic carbocycles. The zero-order chi connectivity index (χ0) is 14.7. The summed E-state index contributed by atoms with van der Waals surface area (Å²) in [4.78, 5) is 0. The Morgan fingerprint density at radius 1 is 1.35 bits per heavy atom. The van der Waals surface area contributed by atoms with Gasteiger partial charge in [0.1, 0.15) is 18.0 Å². The summed E-state index contributed by atoms with van der Waals surface area (Å²) in [5.74, 6) is 0.348. The van der Waals surface area contributed by atoms with E-state index in [1.165, 1.54) is 12.1 Å². The molecule has 0 aliphatic heterocycles. The van der Waals surface area contributed by atoms with Crippen molar-refractivity contribution in [2.45, 2.75) is 33.0 Å². The van der Waals surface area contributed by atoms with Crippen LogP contribution in [0, 0.1) is 5.82 Å². The standard InChI is InChI=1S/C13H15Cl2FN4/c1-3-20-7-18-19-13(20)6-17-8(2)9-4-12(16)11(15)5-10(9)14/h4-5,7-8,17H,3,6H2,1-2H3. The first-order valence-electron chi connectivity index (χ1n) is 6.27. The van der Waals surface area contributed by atoms with Gasteiger partial charge in [-0.15, -0.1) is 10.2 Å². The molecule has 0 amide bonds. The van der Waals surface area contributed by atoms with Crippen molar-refractivity contribution in [1.29, 1.82) is 0 Å². The van der Waals surface area contributed by atoms with Gasteiger partial charge in [0.2, 0.25) is 0 Å². The zero-order valence-corrected chi connectivity index (χ0v) is 12.7. The molecule has 1 N–H and O–H groups in total. The maximum absolute atomic E-state index is 13.5. The fraction of sp³-hybridized carbons (Fsp3) is 0.385. The van der Waals surface area contributed by atoms with Crippen molar-refractivity contribution < 1.29 is 4.39 Å². The summed E-state index contributed by atoms with van der Waals surface area (Å²) in [6, 6.07) is 2.64. The van der Waals surface area contributed by atoms with E-state index in [2.05, 4.69) is 15.5 Å². The third-order valence-electron chi connectivity index (χ3n) is 3.11. The summed E-state index contributed by atoms with van der Waals surface area (Å²) < 4.78 is 15.4. The summed E-state index contributed by atoms with van der Waals surface area (Å²) in [5, 5.41) is 11.6. The lowest BCUT2D eigenvalue weighted by Gasteiger charge is -2.16. The summed E-state index contributed by atoms with van der Waals surface area (Å²) in [5.41, 5.74) is 0.663. The van der Waals surface area contributed by atoms with Gasteiger partial charge in [0.25, 0.3) is 0 Å². The Bertz CT molecular complexity index is 600. The zero-order valence-electron chi connectivity index (χ0n) is 11.2. The van der Waals surface area contributed by atoms with E-state index in [4.69, 9.17) is 23.2 Å². The van der Waals surface area contributed by atoms with Gasteiger partial charge in [0.15, 0.2) is 0 Å². The largest absolute Gasteiger partial charge is 0.317 e. The Hall–Kier alpha value is -1.17. The molecule has 1 unspecified atom stereocenters. The third kappa shape index (κ3) is 3.29. The van der Waals surface area contributed by atoms with Gasteiger partial charge < -0.3 is 9.88 Å². The molecular weight excluding hydrogens is 302 g/mol. The molecule has 7 heteroatoms. The van der Waals surface area contributed by atoms with Crippen LogP contribution in [0.4, 0.5) is 4.39 Å². The molecule has 0 aliphatic carbocycles. The van der Waals surface area contributed by atoms with Gasteiger partial charge >= 0.3 is 0 Å². The number of aryl methyl sites for hydroxylation is 1. The molecule has 2 rings (SSSR count). The molecule has 0 saturated carbocycles. The SMILES string of the molecule is CCn1cnnc1CNC(C)c1cc(F)c(Cl)cc1Cl. The molecule has 0 radical (unpaired) electrons. The first kappa shape index (κ1) is 15.2. The minimum atomic E-state index is -0.476. The van der Waals surface area contributed by atoms with E-state index in [-0.39, 0.29) is 11.1 Å². The Kier molecular flexibility index (Phi) is 4.96. The molecule has 1 atom stereocenters. The lowest BCUT2D eigenvalue weighted by molar-refractivity contribution is 0.535. The van der Waals surface area contributed by atoms with Crippen LogP contribution in [0.2, 0.25) is 10.0 Å². The lowest BCUT2D eigenvalue weighted by atomic mass is 10.1. The van der Waals surface area contributed by atoms with Gasteiger partial charge in [0, 0.05) is 17.6 Å². The molecule has 0 spiro atoms. The van der Waals surface area contributed by atoms with Crippen molar-refractivity contribution in [2.24, 2.45) is 0 Å². The molecular formula is C13H15Cl2FN4. The number of aromatic nitrogens is 3. The van der Waals surface area contributed by atoms with Gasteiger partial charge in [-0.1, -0.05) is 23.2 Å². The van der Waals surface area contributed by atoms with E-state index in [1.54, 1.807) is 6.33 Å². The number of halogens is 3. The van der Waals surface area contributed by atoms with Crippen molar-refractivity contribution in [3.8, 4) is 0 Å². The first-order valence-corrected chi connectivity index (χ1v) is 7.03. The first-order chi connectivity index (χ1) is 9.52. The van der Waals surface area contributed by atoms with Crippen LogP contribution >= 0.6 is 23.2 Å². The number of nitrogens with zero attached hydrogens (tertiary/aromatic N) is 3. The second-order valence-electron chi connectivity index (χ2n) is 4.42. The van der Waals surface area contributed by atoms with Crippen LogP contribution in [0.5, 0.6) is 0 Å².